The van der Waals surface area contributed by atoms with Gasteiger partial charge in [0.15, 0.2) is 0 Å². The summed E-state index contributed by atoms with van der Waals surface area (Å²) in [6, 6.07) is 13.8. The van der Waals surface area contributed by atoms with Crippen LogP contribution in [0.15, 0.2) is 58.9 Å². The van der Waals surface area contributed by atoms with Crippen LogP contribution in [-0.4, -0.2) is 41.6 Å². The summed E-state index contributed by atoms with van der Waals surface area (Å²) in [4.78, 5) is 19.5. The van der Waals surface area contributed by atoms with Crippen molar-refractivity contribution < 1.29 is 9.53 Å². The average Bonchev–Trinajstić information content (AvgIpc) is 3.35. The molecule has 6 heteroatoms. The van der Waals surface area contributed by atoms with Crippen molar-refractivity contribution in [3.63, 3.8) is 0 Å². The van der Waals surface area contributed by atoms with Gasteiger partial charge in [-0.15, -0.1) is 0 Å². The Morgan fingerprint density at radius 3 is 2.66 bits per heavy atom. The highest BCUT2D eigenvalue weighted by Gasteiger charge is 2.50. The Balaban J connectivity index is 1.64. The van der Waals surface area contributed by atoms with Gasteiger partial charge in [-0.1, -0.05) is 24.3 Å². The van der Waals surface area contributed by atoms with E-state index in [-0.39, 0.29) is 0 Å². The number of esters is 1. The van der Waals surface area contributed by atoms with Crippen molar-refractivity contribution in [3.05, 3.63) is 65.4 Å². The van der Waals surface area contributed by atoms with Crippen LogP contribution in [0.3, 0.4) is 0 Å². The molecule has 0 spiro atoms. The number of carbonyl (C=O) groups is 1. The van der Waals surface area contributed by atoms with Crippen molar-refractivity contribution in [2.45, 2.75) is 50.7 Å². The summed E-state index contributed by atoms with van der Waals surface area (Å²) in [6.45, 7) is 7.83. The second-order valence-corrected chi connectivity index (χ2v) is 10.0. The molecular weight excluding hydrogens is 400 g/mol. The normalized spacial score (nSPS) is 21.8. The van der Waals surface area contributed by atoms with E-state index in [4.69, 9.17) is 4.74 Å². The fourth-order valence-corrected chi connectivity index (χ4v) is 4.91. The second kappa shape index (κ2) is 7.55. The molecule has 1 N–H and O–H groups in total. The van der Waals surface area contributed by atoms with Crippen molar-refractivity contribution in [2.24, 2.45) is 10.2 Å². The third kappa shape index (κ3) is 3.43. The van der Waals surface area contributed by atoms with Gasteiger partial charge in [0.1, 0.15) is 5.60 Å². The van der Waals surface area contributed by atoms with Crippen LogP contribution in [0.25, 0.3) is 10.9 Å². The number of H-pyrrole nitrogens is 1. The van der Waals surface area contributed by atoms with E-state index in [0.29, 0.717) is 11.6 Å². The van der Waals surface area contributed by atoms with Gasteiger partial charge in [0.2, 0.25) is 5.54 Å². The minimum absolute atomic E-state index is 0.394. The molecule has 2 aliphatic heterocycles. The minimum Gasteiger partial charge on any atom is -0.458 e. The van der Waals surface area contributed by atoms with E-state index < -0.39 is 17.1 Å². The van der Waals surface area contributed by atoms with Crippen LogP contribution in [0.4, 0.5) is 5.69 Å². The maximum Gasteiger partial charge on any atom is 0.345 e. The lowest BCUT2D eigenvalue weighted by Gasteiger charge is -2.30. The lowest BCUT2D eigenvalue weighted by atomic mass is 9.82. The van der Waals surface area contributed by atoms with Gasteiger partial charge < -0.3 is 14.6 Å². The number of hydrogen-bond acceptors (Lipinski definition) is 5. The molecule has 3 heterocycles. The Morgan fingerprint density at radius 2 is 1.91 bits per heavy atom. The average molecular weight is 431 g/mol. The second-order valence-electron chi connectivity index (χ2n) is 10.0. The molecule has 1 saturated heterocycles. The lowest BCUT2D eigenvalue weighted by molar-refractivity contribution is -0.160. The number of ether oxygens (including phenoxy) is 1. The van der Waals surface area contributed by atoms with Crippen LogP contribution in [-0.2, 0) is 15.1 Å². The summed E-state index contributed by atoms with van der Waals surface area (Å²) in [6.07, 6.45) is 4.40. The number of aromatic amines is 1. The summed E-state index contributed by atoms with van der Waals surface area (Å²) in [5, 5.41) is 10.1. The number of likely N-dealkylation sites (tertiary alicyclic amines) is 1. The number of aromatic nitrogens is 1. The molecule has 1 fully saturated rings. The zero-order valence-electron chi connectivity index (χ0n) is 19.2. The predicted molar refractivity (Wildman–Crippen MR) is 125 cm³/mol. The summed E-state index contributed by atoms with van der Waals surface area (Å²) in [5.74, 6) is 0.111. The number of nitrogens with zero attached hydrogens (tertiary/aromatic N) is 3. The van der Waals surface area contributed by atoms with Crippen molar-refractivity contribution in [3.8, 4) is 0 Å². The Bertz CT molecular complexity index is 1200. The maximum atomic E-state index is 13.7. The topological polar surface area (TPSA) is 70.0 Å². The van der Waals surface area contributed by atoms with Gasteiger partial charge in [-0.25, -0.2) is 4.79 Å². The highest BCUT2D eigenvalue weighted by Crippen LogP contribution is 2.47. The van der Waals surface area contributed by atoms with Crippen molar-refractivity contribution >= 4 is 22.6 Å². The number of piperidine rings is 1. The molecule has 0 saturated carbocycles. The van der Waals surface area contributed by atoms with E-state index in [0.717, 1.165) is 48.0 Å². The predicted octanol–water partition coefficient (Wildman–Crippen LogP) is 5.66. The monoisotopic (exact) mass is 430 g/mol. The van der Waals surface area contributed by atoms with Gasteiger partial charge in [-0.2, -0.15) is 10.2 Å². The lowest BCUT2D eigenvalue weighted by Crippen LogP contribution is -2.39. The van der Waals surface area contributed by atoms with E-state index >= 15 is 0 Å². The molecule has 2 aliphatic rings. The largest absolute Gasteiger partial charge is 0.458 e. The number of nitrogens with one attached hydrogen (secondary N) is 1. The summed E-state index contributed by atoms with van der Waals surface area (Å²) < 4.78 is 5.88. The van der Waals surface area contributed by atoms with Crippen molar-refractivity contribution in [2.75, 3.05) is 20.1 Å². The smallest absolute Gasteiger partial charge is 0.345 e. The Morgan fingerprint density at radius 1 is 1.16 bits per heavy atom. The molecule has 1 aromatic heterocycles. The van der Waals surface area contributed by atoms with Gasteiger partial charge in [0.05, 0.1) is 5.69 Å². The van der Waals surface area contributed by atoms with E-state index in [1.807, 2.05) is 57.2 Å². The Kier molecular flexibility index (Phi) is 4.93. The van der Waals surface area contributed by atoms with Crippen molar-refractivity contribution in [1.82, 2.24) is 9.88 Å². The standard InChI is InChI=1S/C26H30N4O2/c1-25(2,3)32-24(31)26(21-7-5-6-8-23(21)28-29-26)18-9-10-22-19(15-18)20(16-27-22)17-11-13-30(4)14-12-17/h5-10,15-17,27H,11-14H2,1-4H3. The van der Waals surface area contributed by atoms with Gasteiger partial charge in [0, 0.05) is 22.7 Å². The molecule has 0 radical (unpaired) electrons. The SMILES string of the molecule is CN1CCC(c2c[nH]c3ccc(C4(C(=O)OC(C)(C)C)N=Nc5ccccc54)cc23)CC1. The first kappa shape index (κ1) is 20.9. The quantitative estimate of drug-likeness (QED) is 0.545. The number of benzene rings is 2. The zero-order chi connectivity index (χ0) is 22.5. The number of fused-ring (bicyclic) bond motifs is 2. The van der Waals surface area contributed by atoms with Crippen LogP contribution in [0.1, 0.15) is 56.2 Å². The molecule has 0 bridgehead atoms. The first-order valence-corrected chi connectivity index (χ1v) is 11.3. The molecule has 32 heavy (non-hydrogen) atoms. The molecule has 3 aromatic rings. The van der Waals surface area contributed by atoms with E-state index in [9.17, 15) is 4.79 Å². The highest BCUT2D eigenvalue weighted by molar-refractivity contribution is 5.93. The summed E-state index contributed by atoms with van der Waals surface area (Å²) in [7, 11) is 2.18. The molecule has 6 nitrogen and oxygen atoms in total. The van der Waals surface area contributed by atoms with Crippen LogP contribution in [0.2, 0.25) is 0 Å². The first-order valence-electron chi connectivity index (χ1n) is 11.3. The van der Waals surface area contributed by atoms with Gasteiger partial charge >= 0.3 is 5.97 Å². The fraction of sp³-hybridized carbons (Fsp3) is 0.423. The molecule has 2 aromatic carbocycles. The molecular formula is C26H30N4O2. The van der Waals surface area contributed by atoms with Crippen molar-refractivity contribution in [1.29, 1.82) is 0 Å². The number of azo groups is 1. The van der Waals surface area contributed by atoms with E-state index in [1.165, 1.54) is 5.56 Å². The van der Waals surface area contributed by atoms with Crippen LogP contribution in [0, 0.1) is 0 Å². The summed E-state index contributed by atoms with van der Waals surface area (Å²) >= 11 is 0. The van der Waals surface area contributed by atoms with Crippen LogP contribution in [0.5, 0.6) is 0 Å². The van der Waals surface area contributed by atoms with Gasteiger partial charge in [-0.05, 0) is 89.0 Å². The van der Waals surface area contributed by atoms with E-state index in [2.05, 4.69) is 39.4 Å². The fourth-order valence-electron chi connectivity index (χ4n) is 4.91. The zero-order valence-corrected chi connectivity index (χ0v) is 19.2. The number of rotatable bonds is 3. The van der Waals surface area contributed by atoms with E-state index in [1.54, 1.807) is 0 Å². The van der Waals surface area contributed by atoms with Gasteiger partial charge in [-0.3, -0.25) is 0 Å². The minimum atomic E-state index is -1.29. The molecule has 166 valence electrons. The molecule has 0 aliphatic carbocycles. The number of hydrogen-bond donors (Lipinski definition) is 1. The molecule has 1 unspecified atom stereocenters. The molecule has 0 amide bonds. The maximum absolute atomic E-state index is 13.7. The Hall–Kier alpha value is -2.99. The number of carbonyl (C=O) groups excluding carboxylic acids is 1. The third-order valence-electron chi connectivity index (χ3n) is 6.59. The Labute approximate surface area is 188 Å². The summed E-state index contributed by atoms with van der Waals surface area (Å²) in [5.41, 5.74) is 2.74. The van der Waals surface area contributed by atoms with Crippen LogP contribution < -0.4 is 0 Å². The first-order chi connectivity index (χ1) is 15.3. The molecule has 5 rings (SSSR count). The van der Waals surface area contributed by atoms with Crippen LogP contribution >= 0.6 is 0 Å². The highest BCUT2D eigenvalue weighted by atomic mass is 16.6. The van der Waals surface area contributed by atoms with Gasteiger partial charge in [0.25, 0.3) is 0 Å². The third-order valence-corrected chi connectivity index (χ3v) is 6.59. The molecule has 1 atom stereocenters.